The first kappa shape index (κ1) is 21.6. The van der Waals surface area contributed by atoms with E-state index in [1.54, 1.807) is 32.0 Å². The van der Waals surface area contributed by atoms with E-state index in [2.05, 4.69) is 10.5 Å². The summed E-state index contributed by atoms with van der Waals surface area (Å²) in [6.07, 6.45) is 2.71. The number of benzene rings is 1. The highest BCUT2D eigenvalue weighted by Crippen LogP contribution is 2.28. The van der Waals surface area contributed by atoms with Crippen LogP contribution in [-0.4, -0.2) is 29.3 Å². The van der Waals surface area contributed by atoms with Crippen LogP contribution in [0.25, 0.3) is 6.08 Å². The van der Waals surface area contributed by atoms with Gasteiger partial charge in [-0.2, -0.15) is 0 Å². The average Bonchev–Trinajstić information content (AvgIpc) is 2.72. The predicted molar refractivity (Wildman–Crippen MR) is 109 cm³/mol. The molecule has 1 heterocycles. The second-order valence-corrected chi connectivity index (χ2v) is 5.80. The molecule has 2 aromatic rings. The van der Waals surface area contributed by atoms with Crippen molar-refractivity contribution in [2.75, 3.05) is 19.5 Å². The molecule has 29 heavy (non-hydrogen) atoms. The fourth-order valence-electron chi connectivity index (χ4n) is 2.75. The molecule has 1 N–H and O–H groups in total. The van der Waals surface area contributed by atoms with E-state index in [-0.39, 0.29) is 18.9 Å². The van der Waals surface area contributed by atoms with Gasteiger partial charge in [-0.3, -0.25) is 18.7 Å². The summed E-state index contributed by atoms with van der Waals surface area (Å²) in [5, 5.41) is 5.14. The van der Waals surface area contributed by atoms with E-state index in [1.807, 2.05) is 0 Å². The quantitative estimate of drug-likeness (QED) is 0.533. The highest BCUT2D eigenvalue weighted by Gasteiger charge is 2.19. The lowest BCUT2D eigenvalue weighted by molar-refractivity contribution is -0.111. The number of nitroso groups, excluding NO2 is 1. The van der Waals surface area contributed by atoms with Crippen molar-refractivity contribution in [2.45, 2.75) is 26.9 Å². The number of aromatic nitrogens is 2. The summed E-state index contributed by atoms with van der Waals surface area (Å²) >= 11 is 0. The molecule has 1 aromatic carbocycles. The molecule has 0 atom stereocenters. The predicted octanol–water partition coefficient (Wildman–Crippen LogP) is 2.12. The Morgan fingerprint density at radius 1 is 1.10 bits per heavy atom. The molecular formula is C19H22N4O6. The van der Waals surface area contributed by atoms with Crippen molar-refractivity contribution < 1.29 is 14.3 Å². The second-order valence-electron chi connectivity index (χ2n) is 5.80. The smallest absolute Gasteiger partial charge is 0.332 e. The normalized spacial score (nSPS) is 10.8. The maximum absolute atomic E-state index is 12.4. The van der Waals surface area contributed by atoms with Crippen LogP contribution in [0.5, 0.6) is 11.5 Å². The van der Waals surface area contributed by atoms with Gasteiger partial charge in [0.2, 0.25) is 11.6 Å². The van der Waals surface area contributed by atoms with Crippen molar-refractivity contribution >= 4 is 23.5 Å². The van der Waals surface area contributed by atoms with E-state index in [0.29, 0.717) is 17.1 Å². The molecule has 1 aromatic heterocycles. The standard InChI is InChI=1S/C19H22N4O6/c1-5-22-17(16(21-27)18(25)23(6-2)19(22)26)20-15(24)10-8-12-7-9-13(28-3)14(11-12)29-4/h7-11H,5-6H2,1-4H3,(H,20,24)/b10-8+. The Kier molecular flexibility index (Phi) is 7.07. The molecule has 10 heteroatoms. The van der Waals surface area contributed by atoms with Gasteiger partial charge in [0.25, 0.3) is 5.56 Å². The zero-order valence-corrected chi connectivity index (χ0v) is 16.6. The van der Waals surface area contributed by atoms with E-state index in [0.717, 1.165) is 9.13 Å². The van der Waals surface area contributed by atoms with Gasteiger partial charge < -0.3 is 14.8 Å². The third kappa shape index (κ3) is 4.42. The van der Waals surface area contributed by atoms with E-state index >= 15 is 0 Å². The number of nitrogens with one attached hydrogen (secondary N) is 1. The molecule has 0 radical (unpaired) electrons. The van der Waals surface area contributed by atoms with Gasteiger partial charge in [-0.1, -0.05) is 6.07 Å². The summed E-state index contributed by atoms with van der Waals surface area (Å²) in [6, 6.07) is 5.07. The number of hydrogen-bond acceptors (Lipinski definition) is 7. The highest BCUT2D eigenvalue weighted by atomic mass is 16.5. The average molecular weight is 402 g/mol. The van der Waals surface area contributed by atoms with E-state index in [9.17, 15) is 19.3 Å². The Labute approximate surface area is 166 Å². The fourth-order valence-corrected chi connectivity index (χ4v) is 2.75. The first-order chi connectivity index (χ1) is 13.9. The SMILES string of the molecule is CCn1c(NC(=O)/C=C/c2ccc(OC)c(OC)c2)c(N=O)c(=O)n(CC)c1=O. The highest BCUT2D eigenvalue weighted by molar-refractivity contribution is 6.02. The molecular weight excluding hydrogens is 380 g/mol. The summed E-state index contributed by atoms with van der Waals surface area (Å²) in [7, 11) is 3.01. The van der Waals surface area contributed by atoms with Crippen molar-refractivity contribution in [3.8, 4) is 11.5 Å². The summed E-state index contributed by atoms with van der Waals surface area (Å²) in [6.45, 7) is 3.46. The van der Waals surface area contributed by atoms with Crippen molar-refractivity contribution in [1.82, 2.24) is 9.13 Å². The monoisotopic (exact) mass is 402 g/mol. The molecule has 2 rings (SSSR count). The zero-order chi connectivity index (χ0) is 21.6. The Bertz CT molecular complexity index is 1070. The van der Waals surface area contributed by atoms with Crippen LogP contribution in [0.3, 0.4) is 0 Å². The van der Waals surface area contributed by atoms with Crippen LogP contribution in [0.1, 0.15) is 19.4 Å². The van der Waals surface area contributed by atoms with E-state index in [4.69, 9.17) is 9.47 Å². The van der Waals surface area contributed by atoms with Crippen molar-refractivity contribution in [3.63, 3.8) is 0 Å². The van der Waals surface area contributed by atoms with E-state index in [1.165, 1.54) is 26.4 Å². The van der Waals surface area contributed by atoms with Gasteiger partial charge >= 0.3 is 5.69 Å². The van der Waals surface area contributed by atoms with Crippen LogP contribution >= 0.6 is 0 Å². The Morgan fingerprint density at radius 3 is 2.31 bits per heavy atom. The zero-order valence-electron chi connectivity index (χ0n) is 16.6. The molecule has 1 amide bonds. The minimum absolute atomic E-state index is 0.0770. The summed E-state index contributed by atoms with van der Waals surface area (Å²) in [4.78, 5) is 48.3. The molecule has 0 saturated carbocycles. The van der Waals surface area contributed by atoms with Gasteiger partial charge in [0, 0.05) is 19.2 Å². The van der Waals surface area contributed by atoms with Crippen molar-refractivity contribution in [1.29, 1.82) is 0 Å². The van der Waals surface area contributed by atoms with Crippen LogP contribution < -0.4 is 26.0 Å². The number of amides is 1. The molecule has 154 valence electrons. The number of rotatable bonds is 8. The maximum atomic E-state index is 12.4. The number of carbonyl (C=O) groups is 1. The van der Waals surface area contributed by atoms with Gasteiger partial charge in [-0.05, 0) is 42.8 Å². The second kappa shape index (κ2) is 9.49. The van der Waals surface area contributed by atoms with Crippen LogP contribution in [0.2, 0.25) is 0 Å². The summed E-state index contributed by atoms with van der Waals surface area (Å²) < 4.78 is 12.4. The van der Waals surface area contributed by atoms with Crippen LogP contribution in [-0.2, 0) is 17.9 Å². The van der Waals surface area contributed by atoms with Crippen molar-refractivity contribution in [2.24, 2.45) is 5.18 Å². The van der Waals surface area contributed by atoms with Gasteiger partial charge in [0.15, 0.2) is 17.3 Å². The lowest BCUT2D eigenvalue weighted by atomic mass is 10.2. The molecule has 0 saturated heterocycles. The molecule has 0 aliphatic rings. The number of carbonyl (C=O) groups excluding carboxylic acids is 1. The van der Waals surface area contributed by atoms with Crippen LogP contribution in [0, 0.1) is 4.91 Å². The van der Waals surface area contributed by atoms with Gasteiger partial charge in [0.05, 0.1) is 14.2 Å². The topological polar surface area (TPSA) is 121 Å². The Hall–Kier alpha value is -3.69. The number of anilines is 1. The lowest BCUT2D eigenvalue weighted by Crippen LogP contribution is -2.40. The third-order valence-corrected chi connectivity index (χ3v) is 4.20. The molecule has 0 fully saturated rings. The largest absolute Gasteiger partial charge is 0.493 e. The van der Waals surface area contributed by atoms with Crippen LogP contribution in [0.15, 0.2) is 39.0 Å². The molecule has 10 nitrogen and oxygen atoms in total. The molecule has 0 bridgehead atoms. The summed E-state index contributed by atoms with van der Waals surface area (Å²) in [5.41, 5.74) is -1.36. The Morgan fingerprint density at radius 2 is 1.76 bits per heavy atom. The number of nitrogens with zero attached hydrogens (tertiary/aromatic N) is 3. The first-order valence-corrected chi connectivity index (χ1v) is 8.83. The maximum Gasteiger partial charge on any atom is 0.332 e. The van der Waals surface area contributed by atoms with Gasteiger partial charge in [-0.25, -0.2) is 4.79 Å². The number of ether oxygens (including phenoxy) is 2. The van der Waals surface area contributed by atoms with Crippen molar-refractivity contribution in [3.05, 3.63) is 55.6 Å². The first-order valence-electron chi connectivity index (χ1n) is 8.83. The Balaban J connectivity index is 2.38. The van der Waals surface area contributed by atoms with Gasteiger partial charge in [0.1, 0.15) is 0 Å². The lowest BCUT2D eigenvalue weighted by Gasteiger charge is -2.14. The van der Waals surface area contributed by atoms with Gasteiger partial charge in [-0.15, -0.1) is 4.91 Å². The van der Waals surface area contributed by atoms with E-state index < -0.39 is 22.8 Å². The number of hydrogen-bond donors (Lipinski definition) is 1. The minimum Gasteiger partial charge on any atom is -0.493 e. The molecule has 0 spiro atoms. The molecule has 0 aliphatic carbocycles. The third-order valence-electron chi connectivity index (χ3n) is 4.20. The fraction of sp³-hybridized carbons (Fsp3) is 0.316. The van der Waals surface area contributed by atoms with Crippen LogP contribution in [0.4, 0.5) is 11.5 Å². The summed E-state index contributed by atoms with van der Waals surface area (Å²) in [5.74, 6) is 0.161. The minimum atomic E-state index is -0.851. The number of methoxy groups -OCH3 is 2. The molecule has 0 aliphatic heterocycles. The molecule has 0 unspecified atom stereocenters.